The summed E-state index contributed by atoms with van der Waals surface area (Å²) < 4.78 is 5.62. The smallest absolute Gasteiger partial charge is 0.325 e. The molecule has 0 bridgehead atoms. The highest BCUT2D eigenvalue weighted by atomic mass is 79.9. The lowest BCUT2D eigenvalue weighted by Crippen LogP contribution is -2.50. The molecule has 1 aromatic rings. The van der Waals surface area contributed by atoms with Crippen molar-refractivity contribution < 1.29 is 14.3 Å². The first-order chi connectivity index (χ1) is 8.85. The number of anilines is 1. The Bertz CT molecular complexity index is 543. The summed E-state index contributed by atoms with van der Waals surface area (Å²) in [6.45, 7) is 3.37. The molecule has 1 unspecified atom stereocenters. The van der Waals surface area contributed by atoms with Crippen molar-refractivity contribution >= 4 is 33.5 Å². The van der Waals surface area contributed by atoms with E-state index in [2.05, 4.69) is 26.6 Å². The molecule has 0 saturated heterocycles. The van der Waals surface area contributed by atoms with Crippen LogP contribution in [0.15, 0.2) is 22.7 Å². The summed E-state index contributed by atoms with van der Waals surface area (Å²) in [6.07, 6.45) is 0. The number of carbonyl (C=O) groups is 2. The van der Waals surface area contributed by atoms with Crippen LogP contribution in [-0.2, 0) is 14.3 Å². The molecule has 19 heavy (non-hydrogen) atoms. The molecule has 1 atom stereocenters. The van der Waals surface area contributed by atoms with Crippen LogP contribution in [0.5, 0.6) is 0 Å². The van der Waals surface area contributed by atoms with Crippen LogP contribution in [0.1, 0.15) is 25.5 Å². The quantitative estimate of drug-likeness (QED) is 0.833. The van der Waals surface area contributed by atoms with E-state index < -0.39 is 17.6 Å². The first-order valence-corrected chi connectivity index (χ1v) is 6.61. The molecular weight excluding hydrogens is 312 g/mol. The van der Waals surface area contributed by atoms with Crippen molar-refractivity contribution in [3.63, 3.8) is 0 Å². The van der Waals surface area contributed by atoms with Gasteiger partial charge in [0.05, 0.1) is 7.11 Å². The molecule has 102 valence electrons. The van der Waals surface area contributed by atoms with E-state index in [1.807, 2.05) is 18.2 Å². The first-order valence-electron chi connectivity index (χ1n) is 5.81. The van der Waals surface area contributed by atoms with E-state index in [-0.39, 0.29) is 5.91 Å². The number of amides is 1. The van der Waals surface area contributed by atoms with Gasteiger partial charge in [-0.2, -0.15) is 0 Å². The Morgan fingerprint density at radius 2 is 2.16 bits per heavy atom. The number of hydrogen-bond donors (Lipinski definition) is 2. The van der Waals surface area contributed by atoms with Gasteiger partial charge in [-0.05, 0) is 26.0 Å². The van der Waals surface area contributed by atoms with E-state index in [1.165, 1.54) is 7.11 Å². The van der Waals surface area contributed by atoms with E-state index in [0.717, 1.165) is 15.7 Å². The van der Waals surface area contributed by atoms with Gasteiger partial charge in [-0.15, -0.1) is 0 Å². The Labute approximate surface area is 119 Å². The van der Waals surface area contributed by atoms with Crippen molar-refractivity contribution in [1.82, 2.24) is 5.32 Å². The van der Waals surface area contributed by atoms with Crippen LogP contribution in [0, 0.1) is 0 Å². The van der Waals surface area contributed by atoms with Gasteiger partial charge in [-0.25, -0.2) is 0 Å². The third-order valence-corrected chi connectivity index (χ3v) is 3.54. The lowest BCUT2D eigenvalue weighted by atomic mass is 10.0. The molecule has 0 fully saturated rings. The van der Waals surface area contributed by atoms with Crippen LogP contribution in [0.3, 0.4) is 0 Å². The number of fused-ring (bicyclic) bond motifs is 1. The number of halogens is 1. The SMILES string of the molecule is COC(=O)C(C)(C)NC1C(=O)Nc2cc(Br)ccc21. The lowest BCUT2D eigenvalue weighted by molar-refractivity contribution is -0.147. The minimum absolute atomic E-state index is 0.176. The predicted octanol–water partition coefficient (Wildman–Crippen LogP) is 1.98. The summed E-state index contributed by atoms with van der Waals surface area (Å²) in [5.41, 5.74) is 0.633. The van der Waals surface area contributed by atoms with E-state index in [0.29, 0.717) is 0 Å². The minimum Gasteiger partial charge on any atom is -0.468 e. The maximum atomic E-state index is 12.0. The van der Waals surface area contributed by atoms with Gasteiger partial charge in [-0.1, -0.05) is 22.0 Å². The van der Waals surface area contributed by atoms with Gasteiger partial charge < -0.3 is 10.1 Å². The second-order valence-corrected chi connectivity index (χ2v) is 5.83. The Morgan fingerprint density at radius 3 is 2.79 bits per heavy atom. The highest BCUT2D eigenvalue weighted by Gasteiger charge is 2.38. The van der Waals surface area contributed by atoms with E-state index in [1.54, 1.807) is 13.8 Å². The zero-order valence-corrected chi connectivity index (χ0v) is 12.5. The van der Waals surface area contributed by atoms with E-state index >= 15 is 0 Å². The van der Waals surface area contributed by atoms with Crippen molar-refractivity contribution in [2.75, 3.05) is 12.4 Å². The van der Waals surface area contributed by atoms with E-state index in [9.17, 15) is 9.59 Å². The van der Waals surface area contributed by atoms with Crippen molar-refractivity contribution in [2.24, 2.45) is 0 Å². The molecule has 5 nitrogen and oxygen atoms in total. The fraction of sp³-hybridized carbons (Fsp3) is 0.385. The number of ether oxygens (including phenoxy) is 1. The lowest BCUT2D eigenvalue weighted by Gasteiger charge is -2.26. The molecule has 1 aliphatic rings. The Balaban J connectivity index is 2.28. The standard InChI is InChI=1S/C13H15BrN2O3/c1-13(2,12(18)19-3)16-10-8-5-4-7(14)6-9(8)15-11(10)17/h4-6,10,16H,1-3H3,(H,15,17). The Hall–Kier alpha value is -1.40. The molecule has 1 amide bonds. The molecule has 6 heteroatoms. The highest BCUT2D eigenvalue weighted by Crippen LogP contribution is 2.34. The zero-order chi connectivity index (χ0) is 14.2. The van der Waals surface area contributed by atoms with Crippen LogP contribution in [-0.4, -0.2) is 24.5 Å². The molecule has 1 aliphatic heterocycles. The van der Waals surface area contributed by atoms with Crippen LogP contribution >= 0.6 is 15.9 Å². The third kappa shape index (κ3) is 2.64. The molecule has 2 N–H and O–H groups in total. The van der Waals surface area contributed by atoms with Gasteiger partial charge in [0.15, 0.2) is 0 Å². The summed E-state index contributed by atoms with van der Waals surface area (Å²) in [4.78, 5) is 23.7. The van der Waals surface area contributed by atoms with Gasteiger partial charge in [0, 0.05) is 15.7 Å². The van der Waals surface area contributed by atoms with E-state index in [4.69, 9.17) is 4.74 Å². The zero-order valence-electron chi connectivity index (χ0n) is 10.9. The Kier molecular flexibility index (Phi) is 3.64. The maximum Gasteiger partial charge on any atom is 0.325 e. The number of benzene rings is 1. The van der Waals surface area contributed by atoms with Crippen molar-refractivity contribution in [1.29, 1.82) is 0 Å². The van der Waals surface area contributed by atoms with Gasteiger partial charge in [0.2, 0.25) is 5.91 Å². The number of methoxy groups -OCH3 is 1. The molecule has 0 radical (unpaired) electrons. The molecular formula is C13H15BrN2O3. The largest absolute Gasteiger partial charge is 0.468 e. The van der Waals surface area contributed by atoms with Crippen molar-refractivity contribution in [3.8, 4) is 0 Å². The van der Waals surface area contributed by atoms with Crippen LogP contribution in [0.4, 0.5) is 5.69 Å². The Morgan fingerprint density at radius 1 is 1.47 bits per heavy atom. The van der Waals surface area contributed by atoms with Gasteiger partial charge in [0.1, 0.15) is 11.6 Å². The number of esters is 1. The summed E-state index contributed by atoms with van der Waals surface area (Å²) in [6, 6.07) is 4.98. The van der Waals surface area contributed by atoms with Gasteiger partial charge >= 0.3 is 5.97 Å². The topological polar surface area (TPSA) is 67.4 Å². The second-order valence-electron chi connectivity index (χ2n) is 4.91. The average molecular weight is 327 g/mol. The number of rotatable bonds is 3. The van der Waals surface area contributed by atoms with Crippen LogP contribution in [0.25, 0.3) is 0 Å². The van der Waals surface area contributed by atoms with Crippen LogP contribution < -0.4 is 10.6 Å². The summed E-state index contributed by atoms with van der Waals surface area (Å²) >= 11 is 3.35. The molecule has 0 aliphatic carbocycles. The third-order valence-electron chi connectivity index (χ3n) is 3.05. The van der Waals surface area contributed by atoms with Gasteiger partial charge in [-0.3, -0.25) is 14.9 Å². The second kappa shape index (κ2) is 4.94. The summed E-state index contributed by atoms with van der Waals surface area (Å²) in [5, 5.41) is 5.81. The molecule has 1 heterocycles. The summed E-state index contributed by atoms with van der Waals surface area (Å²) in [5.74, 6) is -0.587. The monoisotopic (exact) mass is 326 g/mol. The average Bonchev–Trinajstić information content (AvgIpc) is 2.63. The van der Waals surface area contributed by atoms with Crippen molar-refractivity contribution in [2.45, 2.75) is 25.4 Å². The highest BCUT2D eigenvalue weighted by molar-refractivity contribution is 9.10. The molecule has 0 spiro atoms. The fourth-order valence-corrected chi connectivity index (χ4v) is 2.41. The number of hydrogen-bond acceptors (Lipinski definition) is 4. The number of nitrogens with one attached hydrogen (secondary N) is 2. The molecule has 0 saturated carbocycles. The molecule has 0 aromatic heterocycles. The first kappa shape index (κ1) is 14.0. The number of carbonyl (C=O) groups excluding carboxylic acids is 2. The predicted molar refractivity (Wildman–Crippen MR) is 74.7 cm³/mol. The summed E-state index contributed by atoms with van der Waals surface area (Å²) in [7, 11) is 1.32. The maximum absolute atomic E-state index is 12.0. The minimum atomic E-state index is -0.939. The molecule has 2 rings (SSSR count). The van der Waals surface area contributed by atoms with Gasteiger partial charge in [0.25, 0.3) is 0 Å². The fourth-order valence-electron chi connectivity index (χ4n) is 2.05. The van der Waals surface area contributed by atoms with Crippen LogP contribution in [0.2, 0.25) is 0 Å². The molecule has 1 aromatic carbocycles. The normalized spacial score (nSPS) is 17.9. The van der Waals surface area contributed by atoms with Crippen molar-refractivity contribution in [3.05, 3.63) is 28.2 Å².